The lowest BCUT2D eigenvalue weighted by molar-refractivity contribution is -0.145. The predicted molar refractivity (Wildman–Crippen MR) is 95.9 cm³/mol. The average molecular weight is 374 g/mol. The van der Waals surface area contributed by atoms with Gasteiger partial charge in [0.15, 0.2) is 12.4 Å². The van der Waals surface area contributed by atoms with E-state index in [-0.39, 0.29) is 37.3 Å². The van der Waals surface area contributed by atoms with Gasteiger partial charge in [0, 0.05) is 25.1 Å². The first-order valence-electron chi connectivity index (χ1n) is 9.01. The minimum absolute atomic E-state index is 0.0672. The molecule has 2 amide bonds. The van der Waals surface area contributed by atoms with Gasteiger partial charge in [0.25, 0.3) is 5.91 Å². The van der Waals surface area contributed by atoms with E-state index < -0.39 is 11.9 Å². The third kappa shape index (κ3) is 3.94. The van der Waals surface area contributed by atoms with E-state index in [1.807, 2.05) is 0 Å². The lowest BCUT2D eigenvalue weighted by Crippen LogP contribution is -2.49. The molecule has 1 saturated heterocycles. The Bertz CT molecular complexity index is 790. The third-order valence-electron chi connectivity index (χ3n) is 4.96. The van der Waals surface area contributed by atoms with E-state index in [0.717, 1.165) is 0 Å². The van der Waals surface area contributed by atoms with Crippen LogP contribution < -0.4 is 9.64 Å². The number of ether oxygens (including phenoxy) is 1. The van der Waals surface area contributed by atoms with Crippen molar-refractivity contribution in [1.29, 1.82) is 0 Å². The van der Waals surface area contributed by atoms with Gasteiger partial charge in [-0.25, -0.2) is 0 Å². The van der Waals surface area contributed by atoms with Crippen LogP contribution in [0.1, 0.15) is 36.5 Å². The number of hydrogen-bond donors (Lipinski definition) is 1. The fourth-order valence-corrected chi connectivity index (χ4v) is 3.39. The Kier molecular flexibility index (Phi) is 5.43. The van der Waals surface area contributed by atoms with Gasteiger partial charge >= 0.3 is 5.97 Å². The summed E-state index contributed by atoms with van der Waals surface area (Å²) in [5, 5.41) is 9.19. The summed E-state index contributed by atoms with van der Waals surface area (Å²) >= 11 is 0. The molecule has 0 spiro atoms. The summed E-state index contributed by atoms with van der Waals surface area (Å²) in [5.74, 6) is -1.80. The molecule has 0 aromatic heterocycles. The van der Waals surface area contributed by atoms with E-state index in [1.54, 1.807) is 25.1 Å². The first-order valence-corrected chi connectivity index (χ1v) is 9.01. The number of likely N-dealkylation sites (tertiary alicyclic amines) is 1. The lowest BCUT2D eigenvalue weighted by Gasteiger charge is -2.34. The molecule has 8 nitrogen and oxygen atoms in total. The minimum Gasteiger partial charge on any atom is -0.482 e. The molecule has 3 rings (SSSR count). The normalized spacial score (nSPS) is 19.3. The van der Waals surface area contributed by atoms with Crippen LogP contribution in [-0.4, -0.2) is 59.8 Å². The standard InChI is InChI=1S/C19H22N2O6/c1-2-15(22)12-5-6-16-14(8-12)21(18(24)11-27-16)10-17(23)20-7-3-4-13(9-20)19(25)26/h5-6,8,13H,2-4,7,9-11H2,1H3,(H,25,26). The van der Waals surface area contributed by atoms with Crippen molar-refractivity contribution in [3.63, 3.8) is 0 Å². The van der Waals surface area contributed by atoms with Crippen LogP contribution in [0.4, 0.5) is 5.69 Å². The summed E-state index contributed by atoms with van der Waals surface area (Å²) in [4.78, 5) is 51.0. The number of carboxylic acid groups (broad SMARTS) is 1. The van der Waals surface area contributed by atoms with Gasteiger partial charge in [-0.1, -0.05) is 6.92 Å². The highest BCUT2D eigenvalue weighted by molar-refractivity contribution is 6.04. The third-order valence-corrected chi connectivity index (χ3v) is 4.96. The number of rotatable bonds is 5. The number of aliphatic carboxylic acids is 1. The Morgan fingerprint density at radius 2 is 2.07 bits per heavy atom. The molecule has 2 aliphatic rings. The minimum atomic E-state index is -0.914. The molecular formula is C19H22N2O6. The van der Waals surface area contributed by atoms with Crippen LogP contribution in [-0.2, 0) is 14.4 Å². The highest BCUT2D eigenvalue weighted by atomic mass is 16.5. The largest absolute Gasteiger partial charge is 0.482 e. The van der Waals surface area contributed by atoms with Crippen molar-refractivity contribution in [3.05, 3.63) is 23.8 Å². The van der Waals surface area contributed by atoms with Crippen molar-refractivity contribution in [2.24, 2.45) is 5.92 Å². The van der Waals surface area contributed by atoms with Gasteiger partial charge in [-0.2, -0.15) is 0 Å². The number of ketones is 1. The van der Waals surface area contributed by atoms with E-state index in [2.05, 4.69) is 0 Å². The van der Waals surface area contributed by atoms with Gasteiger partial charge in [0.2, 0.25) is 5.91 Å². The van der Waals surface area contributed by atoms with Gasteiger partial charge in [0.1, 0.15) is 12.3 Å². The van der Waals surface area contributed by atoms with Crippen molar-refractivity contribution in [2.45, 2.75) is 26.2 Å². The number of hydrogen-bond acceptors (Lipinski definition) is 5. The molecular weight excluding hydrogens is 352 g/mol. The number of carbonyl (C=O) groups is 4. The van der Waals surface area contributed by atoms with Crippen LogP contribution in [0.15, 0.2) is 18.2 Å². The summed E-state index contributed by atoms with van der Waals surface area (Å²) in [7, 11) is 0. The molecule has 1 aromatic carbocycles. The van der Waals surface area contributed by atoms with Gasteiger partial charge in [-0.05, 0) is 31.0 Å². The van der Waals surface area contributed by atoms with E-state index in [0.29, 0.717) is 42.8 Å². The number of benzene rings is 1. The number of anilines is 1. The zero-order valence-corrected chi connectivity index (χ0v) is 15.1. The number of amides is 2. The average Bonchev–Trinajstić information content (AvgIpc) is 2.69. The maximum absolute atomic E-state index is 12.7. The highest BCUT2D eigenvalue weighted by Gasteiger charge is 2.32. The molecule has 1 N–H and O–H groups in total. The molecule has 2 aliphatic heterocycles. The van der Waals surface area contributed by atoms with Crippen molar-refractivity contribution in [1.82, 2.24) is 4.90 Å². The van der Waals surface area contributed by atoms with Crippen molar-refractivity contribution < 1.29 is 29.0 Å². The van der Waals surface area contributed by atoms with E-state index >= 15 is 0 Å². The summed E-state index contributed by atoms with van der Waals surface area (Å²) in [6.45, 7) is 1.99. The van der Waals surface area contributed by atoms with Crippen LogP contribution in [0.3, 0.4) is 0 Å². The fourth-order valence-electron chi connectivity index (χ4n) is 3.39. The monoisotopic (exact) mass is 374 g/mol. The van der Waals surface area contributed by atoms with Gasteiger partial charge in [0.05, 0.1) is 11.6 Å². The molecule has 1 atom stereocenters. The van der Waals surface area contributed by atoms with Crippen molar-refractivity contribution in [2.75, 3.05) is 31.1 Å². The number of nitrogens with zero attached hydrogens (tertiary/aromatic N) is 2. The quantitative estimate of drug-likeness (QED) is 0.780. The summed E-state index contributed by atoms with van der Waals surface area (Å²) in [6.07, 6.45) is 1.49. The molecule has 0 saturated carbocycles. The Morgan fingerprint density at radius 1 is 1.30 bits per heavy atom. The zero-order chi connectivity index (χ0) is 19.6. The molecule has 144 valence electrons. The first-order chi connectivity index (χ1) is 12.9. The fraction of sp³-hybridized carbons (Fsp3) is 0.474. The Balaban J connectivity index is 1.80. The lowest BCUT2D eigenvalue weighted by atomic mass is 9.98. The number of carboxylic acids is 1. The smallest absolute Gasteiger partial charge is 0.308 e. The zero-order valence-electron chi connectivity index (χ0n) is 15.1. The summed E-state index contributed by atoms with van der Waals surface area (Å²) in [6, 6.07) is 4.84. The number of fused-ring (bicyclic) bond motifs is 1. The van der Waals surface area contributed by atoms with Crippen LogP contribution >= 0.6 is 0 Å². The van der Waals surface area contributed by atoms with Gasteiger partial charge in [-0.15, -0.1) is 0 Å². The van der Waals surface area contributed by atoms with Gasteiger partial charge < -0.3 is 14.7 Å². The van der Waals surface area contributed by atoms with Crippen LogP contribution in [0.2, 0.25) is 0 Å². The van der Waals surface area contributed by atoms with Crippen LogP contribution in [0.25, 0.3) is 0 Å². The maximum Gasteiger partial charge on any atom is 0.308 e. The summed E-state index contributed by atoms with van der Waals surface area (Å²) in [5.41, 5.74) is 0.849. The molecule has 0 aliphatic carbocycles. The topological polar surface area (TPSA) is 104 Å². The second-order valence-corrected chi connectivity index (χ2v) is 6.74. The molecule has 1 fully saturated rings. The molecule has 8 heteroatoms. The van der Waals surface area contributed by atoms with E-state index in [1.165, 1.54) is 9.80 Å². The molecule has 2 heterocycles. The SMILES string of the molecule is CCC(=O)c1ccc2c(c1)N(CC(=O)N1CCCC(C(=O)O)C1)C(=O)CO2. The van der Waals surface area contributed by atoms with Gasteiger partial charge in [-0.3, -0.25) is 24.1 Å². The summed E-state index contributed by atoms with van der Waals surface area (Å²) < 4.78 is 5.40. The number of carbonyl (C=O) groups excluding carboxylic acids is 3. The number of Topliss-reactive ketones (excluding diaryl/α,β-unsaturated/α-hetero) is 1. The number of piperidine rings is 1. The van der Waals surface area contributed by atoms with E-state index in [9.17, 15) is 24.3 Å². The van der Waals surface area contributed by atoms with Crippen molar-refractivity contribution in [3.8, 4) is 5.75 Å². The Morgan fingerprint density at radius 3 is 2.78 bits per heavy atom. The second-order valence-electron chi connectivity index (χ2n) is 6.74. The van der Waals surface area contributed by atoms with Crippen LogP contribution in [0.5, 0.6) is 5.75 Å². The second kappa shape index (κ2) is 7.77. The molecule has 0 bridgehead atoms. The maximum atomic E-state index is 12.7. The Hall–Kier alpha value is -2.90. The van der Waals surface area contributed by atoms with Crippen molar-refractivity contribution >= 4 is 29.3 Å². The molecule has 1 unspecified atom stereocenters. The highest BCUT2D eigenvalue weighted by Crippen LogP contribution is 2.33. The van der Waals surface area contributed by atoms with Crippen LogP contribution in [0, 0.1) is 5.92 Å². The molecule has 0 radical (unpaired) electrons. The van der Waals surface area contributed by atoms with E-state index in [4.69, 9.17) is 4.74 Å². The molecule has 27 heavy (non-hydrogen) atoms. The molecule has 1 aromatic rings. The Labute approximate surface area is 156 Å². The first kappa shape index (κ1) is 18.9. The predicted octanol–water partition coefficient (Wildman–Crippen LogP) is 1.33.